The Morgan fingerprint density at radius 3 is 2.41 bits per heavy atom. The Labute approximate surface area is 217 Å². The number of benzene rings is 3. The molecular weight excluding hydrogens is 462 g/mol. The lowest BCUT2D eigenvalue weighted by molar-refractivity contribution is -0.132. The van der Waals surface area contributed by atoms with Crippen molar-refractivity contribution < 1.29 is 14.4 Å². The summed E-state index contributed by atoms with van der Waals surface area (Å²) in [4.78, 5) is 42.8. The third kappa shape index (κ3) is 4.88. The smallest absolute Gasteiger partial charge is 0.256 e. The number of carbonyl (C=O) groups excluding carboxylic acids is 3. The Bertz CT molecular complexity index is 1310. The molecule has 6 nitrogen and oxygen atoms in total. The fourth-order valence-corrected chi connectivity index (χ4v) is 5.81. The van der Waals surface area contributed by atoms with Crippen LogP contribution in [0.5, 0.6) is 0 Å². The average molecular weight is 496 g/mol. The van der Waals surface area contributed by atoms with E-state index in [2.05, 4.69) is 5.32 Å². The molecule has 190 valence electrons. The number of rotatable bonds is 5. The molecule has 3 aromatic carbocycles. The van der Waals surface area contributed by atoms with E-state index in [-0.39, 0.29) is 30.1 Å². The monoisotopic (exact) mass is 495 g/mol. The summed E-state index contributed by atoms with van der Waals surface area (Å²) < 4.78 is 0. The van der Waals surface area contributed by atoms with E-state index in [1.165, 1.54) is 4.90 Å². The second-order valence-electron chi connectivity index (χ2n) is 10.2. The van der Waals surface area contributed by atoms with Gasteiger partial charge >= 0.3 is 0 Å². The molecule has 1 aliphatic heterocycles. The first-order chi connectivity index (χ1) is 18.0. The zero-order chi connectivity index (χ0) is 25.9. The first kappa shape index (κ1) is 24.8. The average Bonchev–Trinajstić information content (AvgIpc) is 3.01. The number of nitrogen functional groups attached to an aromatic ring is 1. The molecule has 0 bridgehead atoms. The summed E-state index contributed by atoms with van der Waals surface area (Å²) in [6.07, 6.45) is 4.97. The SMILES string of the molecule is CC1C(=O)N(C(=O)[C@@H](NC(=O)Cc2ccccc2)C2CCCCC2)c2cccc(N)c2-c2ccccc21. The van der Waals surface area contributed by atoms with Crippen LogP contribution in [0.4, 0.5) is 11.4 Å². The van der Waals surface area contributed by atoms with Gasteiger partial charge < -0.3 is 11.1 Å². The van der Waals surface area contributed by atoms with Crippen molar-refractivity contribution in [2.75, 3.05) is 10.6 Å². The number of nitrogens with one attached hydrogen (secondary N) is 1. The first-order valence-electron chi connectivity index (χ1n) is 13.1. The van der Waals surface area contributed by atoms with Gasteiger partial charge in [-0.1, -0.05) is 79.9 Å². The minimum atomic E-state index is -0.789. The first-order valence-corrected chi connectivity index (χ1v) is 13.1. The maximum Gasteiger partial charge on any atom is 0.256 e. The van der Waals surface area contributed by atoms with E-state index in [4.69, 9.17) is 5.73 Å². The van der Waals surface area contributed by atoms with Gasteiger partial charge in [0.1, 0.15) is 6.04 Å². The molecule has 3 N–H and O–H groups in total. The highest BCUT2D eigenvalue weighted by Crippen LogP contribution is 2.44. The van der Waals surface area contributed by atoms with E-state index < -0.39 is 12.0 Å². The highest BCUT2D eigenvalue weighted by atomic mass is 16.2. The lowest BCUT2D eigenvalue weighted by Crippen LogP contribution is -2.55. The van der Waals surface area contributed by atoms with Crippen molar-refractivity contribution in [3.05, 3.63) is 83.9 Å². The van der Waals surface area contributed by atoms with Gasteiger partial charge in [-0.25, -0.2) is 4.90 Å². The van der Waals surface area contributed by atoms with Crippen LogP contribution >= 0.6 is 0 Å². The van der Waals surface area contributed by atoms with Crippen LogP contribution < -0.4 is 16.0 Å². The number of amides is 3. The molecule has 3 amide bonds. The number of fused-ring (bicyclic) bond motifs is 3. The number of hydrogen-bond donors (Lipinski definition) is 2. The van der Waals surface area contributed by atoms with Crippen molar-refractivity contribution in [2.45, 2.75) is 57.4 Å². The Hall–Kier alpha value is -3.93. The van der Waals surface area contributed by atoms with Crippen molar-refractivity contribution >= 4 is 29.1 Å². The molecule has 5 rings (SSSR count). The summed E-state index contributed by atoms with van der Waals surface area (Å²) >= 11 is 0. The molecule has 1 aliphatic carbocycles. The summed E-state index contributed by atoms with van der Waals surface area (Å²) in [5.41, 5.74) is 10.7. The maximum absolute atomic E-state index is 14.4. The lowest BCUT2D eigenvalue weighted by Gasteiger charge is -2.34. The number of hydrogen-bond acceptors (Lipinski definition) is 4. The highest BCUT2D eigenvalue weighted by molar-refractivity contribution is 6.22. The Morgan fingerprint density at radius 2 is 1.65 bits per heavy atom. The standard InChI is InChI=1S/C31H33N3O3/c1-20-23-15-8-9-16-24(23)28-25(32)17-10-18-26(28)34(30(20)36)31(37)29(22-13-6-3-7-14-22)33-27(35)19-21-11-4-2-5-12-21/h2,4-5,8-12,15-18,20,22,29H,3,6-7,13-14,19,32H2,1H3,(H,33,35)/t20?,29-/m0/s1. The van der Waals surface area contributed by atoms with Gasteiger partial charge in [0.25, 0.3) is 5.91 Å². The molecule has 0 radical (unpaired) electrons. The fourth-order valence-electron chi connectivity index (χ4n) is 5.81. The second-order valence-corrected chi connectivity index (χ2v) is 10.2. The molecule has 6 heteroatoms. The Balaban J connectivity index is 1.54. The zero-order valence-corrected chi connectivity index (χ0v) is 21.2. The van der Waals surface area contributed by atoms with Crippen molar-refractivity contribution in [3.8, 4) is 11.1 Å². The van der Waals surface area contributed by atoms with E-state index >= 15 is 0 Å². The summed E-state index contributed by atoms with van der Waals surface area (Å²) in [5.74, 6) is -1.48. The molecule has 1 fully saturated rings. The summed E-state index contributed by atoms with van der Waals surface area (Å²) in [6, 6.07) is 21.7. The van der Waals surface area contributed by atoms with Crippen LogP contribution in [0.15, 0.2) is 72.8 Å². The van der Waals surface area contributed by atoms with Crippen molar-refractivity contribution in [3.63, 3.8) is 0 Å². The van der Waals surface area contributed by atoms with Gasteiger partial charge in [0.05, 0.1) is 18.0 Å². The van der Waals surface area contributed by atoms with E-state index in [0.717, 1.165) is 48.8 Å². The molecule has 3 aromatic rings. The van der Waals surface area contributed by atoms with E-state index in [0.29, 0.717) is 16.9 Å². The molecule has 37 heavy (non-hydrogen) atoms. The molecule has 2 atom stereocenters. The topological polar surface area (TPSA) is 92.5 Å². The zero-order valence-electron chi connectivity index (χ0n) is 21.2. The summed E-state index contributed by atoms with van der Waals surface area (Å²) in [6.45, 7) is 1.83. The van der Waals surface area contributed by atoms with Gasteiger partial charge in [0.15, 0.2) is 0 Å². The fraction of sp³-hybridized carbons (Fsp3) is 0.323. The predicted octanol–water partition coefficient (Wildman–Crippen LogP) is 5.22. The Morgan fingerprint density at radius 1 is 0.946 bits per heavy atom. The Kier molecular flexibility index (Phi) is 7.08. The van der Waals surface area contributed by atoms with Crippen LogP contribution in [0.1, 0.15) is 56.1 Å². The van der Waals surface area contributed by atoms with Crippen molar-refractivity contribution in [2.24, 2.45) is 5.92 Å². The molecule has 0 aromatic heterocycles. The minimum absolute atomic E-state index is 0.0285. The van der Waals surface area contributed by atoms with Gasteiger partial charge in [-0.2, -0.15) is 0 Å². The van der Waals surface area contributed by atoms with Crippen LogP contribution in [0, 0.1) is 5.92 Å². The van der Waals surface area contributed by atoms with Crippen LogP contribution in [-0.2, 0) is 20.8 Å². The normalized spacial score (nSPS) is 18.4. The second kappa shape index (κ2) is 10.6. The molecule has 1 unspecified atom stereocenters. The maximum atomic E-state index is 14.4. The molecule has 1 saturated carbocycles. The third-order valence-corrected chi connectivity index (χ3v) is 7.73. The predicted molar refractivity (Wildman–Crippen MR) is 146 cm³/mol. The minimum Gasteiger partial charge on any atom is -0.398 e. The number of imide groups is 1. The molecule has 0 saturated heterocycles. The lowest BCUT2D eigenvalue weighted by atomic mass is 9.83. The van der Waals surface area contributed by atoms with Crippen molar-refractivity contribution in [1.29, 1.82) is 0 Å². The van der Waals surface area contributed by atoms with E-state index in [1.54, 1.807) is 18.2 Å². The van der Waals surface area contributed by atoms with Gasteiger partial charge in [-0.15, -0.1) is 0 Å². The van der Waals surface area contributed by atoms with Crippen molar-refractivity contribution in [1.82, 2.24) is 5.32 Å². The summed E-state index contributed by atoms with van der Waals surface area (Å²) in [7, 11) is 0. The van der Waals surface area contributed by atoms with Gasteiger partial charge in [0, 0.05) is 11.3 Å². The molecule has 2 aliphatic rings. The van der Waals surface area contributed by atoms with E-state index in [1.807, 2.05) is 61.5 Å². The number of anilines is 2. The molecular formula is C31H33N3O3. The van der Waals surface area contributed by atoms with Gasteiger partial charge in [0.2, 0.25) is 11.8 Å². The van der Waals surface area contributed by atoms with E-state index in [9.17, 15) is 14.4 Å². The molecule has 1 heterocycles. The summed E-state index contributed by atoms with van der Waals surface area (Å²) in [5, 5.41) is 3.04. The number of nitrogens with zero attached hydrogens (tertiary/aromatic N) is 1. The van der Waals surface area contributed by atoms with Crippen LogP contribution in [0.25, 0.3) is 11.1 Å². The highest BCUT2D eigenvalue weighted by Gasteiger charge is 2.41. The van der Waals surface area contributed by atoms with Crippen LogP contribution in [-0.4, -0.2) is 23.8 Å². The van der Waals surface area contributed by atoms with Crippen LogP contribution in [0.3, 0.4) is 0 Å². The van der Waals surface area contributed by atoms with Gasteiger partial charge in [-0.05, 0) is 54.5 Å². The quantitative estimate of drug-likeness (QED) is 0.475. The molecule has 0 spiro atoms. The van der Waals surface area contributed by atoms with Crippen LogP contribution in [0.2, 0.25) is 0 Å². The number of carbonyl (C=O) groups is 3. The third-order valence-electron chi connectivity index (χ3n) is 7.73. The number of nitrogens with two attached hydrogens (primary N) is 1. The largest absolute Gasteiger partial charge is 0.398 e. The van der Waals surface area contributed by atoms with Gasteiger partial charge in [-0.3, -0.25) is 14.4 Å².